The van der Waals surface area contributed by atoms with Crippen molar-refractivity contribution in [1.82, 2.24) is 4.98 Å². The van der Waals surface area contributed by atoms with E-state index in [-0.39, 0.29) is 0 Å². The van der Waals surface area contributed by atoms with Gasteiger partial charge in [-0.1, -0.05) is 24.3 Å². The summed E-state index contributed by atoms with van der Waals surface area (Å²) in [4.78, 5) is 18.2. The number of carbonyl (C=O) groups is 1. The van der Waals surface area contributed by atoms with Crippen molar-refractivity contribution in [2.45, 2.75) is 4.90 Å². The monoisotopic (exact) mass is 312 g/mol. The first kappa shape index (κ1) is 14.7. The van der Waals surface area contributed by atoms with Gasteiger partial charge >= 0.3 is 0 Å². The molecule has 0 aliphatic rings. The molecule has 22 heavy (non-hydrogen) atoms. The van der Waals surface area contributed by atoms with Crippen LogP contribution in [0.3, 0.4) is 0 Å². The summed E-state index contributed by atoms with van der Waals surface area (Å²) in [5, 5.41) is 0. The fourth-order valence-corrected chi connectivity index (χ4v) is 2.99. The third-order valence-corrected chi connectivity index (χ3v) is 4.31. The van der Waals surface area contributed by atoms with E-state index in [1.807, 2.05) is 60.5 Å². The molecular formula is C17H16N2O2S. The van der Waals surface area contributed by atoms with Gasteiger partial charge in [0.25, 0.3) is 6.01 Å². The number of aldehydes is 1. The lowest BCUT2D eigenvalue weighted by Gasteiger charge is -2.13. The number of hydrogen-bond donors (Lipinski definition) is 0. The van der Waals surface area contributed by atoms with Gasteiger partial charge in [0, 0.05) is 29.8 Å². The molecule has 2 aromatic carbocycles. The van der Waals surface area contributed by atoms with Crippen LogP contribution in [-0.2, 0) is 0 Å². The van der Waals surface area contributed by atoms with Crippen LogP contribution in [0, 0.1) is 0 Å². The zero-order chi connectivity index (χ0) is 15.4. The number of oxazole rings is 1. The average Bonchev–Trinajstić information content (AvgIpc) is 2.99. The quantitative estimate of drug-likeness (QED) is 0.511. The molecule has 1 aromatic heterocycles. The number of nitrogens with zero attached hydrogens (tertiary/aromatic N) is 2. The summed E-state index contributed by atoms with van der Waals surface area (Å²) in [7, 11) is 1.97. The van der Waals surface area contributed by atoms with Crippen molar-refractivity contribution in [3.05, 3.63) is 54.1 Å². The molecule has 0 saturated carbocycles. The average molecular weight is 312 g/mol. The van der Waals surface area contributed by atoms with Gasteiger partial charge in [0.1, 0.15) is 11.8 Å². The van der Waals surface area contributed by atoms with E-state index >= 15 is 0 Å². The molecule has 0 fully saturated rings. The number of hydrogen-bond acceptors (Lipinski definition) is 5. The lowest BCUT2D eigenvalue weighted by molar-refractivity contribution is 0.112. The zero-order valence-electron chi connectivity index (χ0n) is 12.2. The van der Waals surface area contributed by atoms with Crippen LogP contribution in [0.5, 0.6) is 0 Å². The summed E-state index contributed by atoms with van der Waals surface area (Å²) in [6, 6.07) is 16.0. The molecule has 4 nitrogen and oxygen atoms in total. The highest BCUT2D eigenvalue weighted by molar-refractivity contribution is 7.99. The molecule has 3 rings (SSSR count). The van der Waals surface area contributed by atoms with Crippen molar-refractivity contribution < 1.29 is 9.21 Å². The van der Waals surface area contributed by atoms with E-state index in [1.54, 1.807) is 11.8 Å². The third-order valence-electron chi connectivity index (χ3n) is 3.32. The molecule has 0 radical (unpaired) electrons. The molecule has 0 aliphatic heterocycles. The number of benzene rings is 2. The Morgan fingerprint density at radius 1 is 1.18 bits per heavy atom. The van der Waals surface area contributed by atoms with Gasteiger partial charge in [-0.25, -0.2) is 0 Å². The molecule has 0 amide bonds. The number of anilines is 1. The minimum absolute atomic E-state index is 0.637. The number of aromatic nitrogens is 1. The molecule has 0 saturated heterocycles. The Morgan fingerprint density at radius 2 is 1.95 bits per heavy atom. The van der Waals surface area contributed by atoms with Gasteiger partial charge in [-0.2, -0.15) is 4.98 Å². The maximum Gasteiger partial charge on any atom is 0.298 e. The molecule has 0 aliphatic carbocycles. The Labute approximate surface area is 133 Å². The second-order valence-corrected chi connectivity index (χ2v) is 6.09. The second kappa shape index (κ2) is 6.66. The van der Waals surface area contributed by atoms with Crippen LogP contribution in [-0.4, -0.2) is 30.6 Å². The van der Waals surface area contributed by atoms with E-state index in [9.17, 15) is 4.79 Å². The predicted molar refractivity (Wildman–Crippen MR) is 89.8 cm³/mol. The highest BCUT2D eigenvalue weighted by Gasteiger charge is 2.09. The van der Waals surface area contributed by atoms with E-state index in [2.05, 4.69) is 4.98 Å². The molecule has 0 unspecified atom stereocenters. The summed E-state index contributed by atoms with van der Waals surface area (Å²) >= 11 is 1.74. The lowest BCUT2D eigenvalue weighted by atomic mass is 10.2. The topological polar surface area (TPSA) is 46.3 Å². The molecule has 0 N–H and O–H groups in total. The maximum atomic E-state index is 10.6. The molecule has 0 atom stereocenters. The first-order chi connectivity index (χ1) is 10.8. The number of carbonyl (C=O) groups excluding carboxylic acids is 1. The van der Waals surface area contributed by atoms with Crippen molar-refractivity contribution in [3.8, 4) is 0 Å². The van der Waals surface area contributed by atoms with E-state index in [1.165, 1.54) is 0 Å². The standard InChI is InChI=1S/C17H16N2O2S/c1-19(17-18-15-4-2-3-5-16(15)21-17)10-11-22-14-8-6-13(12-20)7-9-14/h2-9,12H,10-11H2,1H3. The van der Waals surface area contributed by atoms with Crippen LogP contribution in [0.25, 0.3) is 11.1 Å². The first-order valence-corrected chi connectivity index (χ1v) is 7.99. The second-order valence-electron chi connectivity index (χ2n) is 4.92. The zero-order valence-corrected chi connectivity index (χ0v) is 13.0. The first-order valence-electron chi connectivity index (χ1n) is 7.01. The molecule has 5 heteroatoms. The minimum atomic E-state index is 0.637. The minimum Gasteiger partial charge on any atom is -0.423 e. The lowest BCUT2D eigenvalue weighted by Crippen LogP contribution is -2.20. The van der Waals surface area contributed by atoms with E-state index in [4.69, 9.17) is 4.42 Å². The maximum absolute atomic E-state index is 10.6. The summed E-state index contributed by atoms with van der Waals surface area (Å²) in [6.45, 7) is 0.826. The van der Waals surface area contributed by atoms with Gasteiger partial charge in [-0.3, -0.25) is 4.79 Å². The van der Waals surface area contributed by atoms with Gasteiger partial charge in [0.2, 0.25) is 0 Å². The van der Waals surface area contributed by atoms with E-state index in [0.717, 1.165) is 34.6 Å². The summed E-state index contributed by atoms with van der Waals surface area (Å²) in [6.07, 6.45) is 0.857. The largest absolute Gasteiger partial charge is 0.423 e. The van der Waals surface area contributed by atoms with Crippen LogP contribution in [0.2, 0.25) is 0 Å². The van der Waals surface area contributed by atoms with Gasteiger partial charge in [-0.15, -0.1) is 11.8 Å². The molecular weight excluding hydrogens is 296 g/mol. The van der Waals surface area contributed by atoms with Crippen molar-refractivity contribution in [2.24, 2.45) is 0 Å². The van der Waals surface area contributed by atoms with Gasteiger partial charge < -0.3 is 9.32 Å². The highest BCUT2D eigenvalue weighted by Crippen LogP contribution is 2.22. The molecule has 0 bridgehead atoms. The smallest absolute Gasteiger partial charge is 0.298 e. The molecule has 112 valence electrons. The Kier molecular flexibility index (Phi) is 4.44. The number of para-hydroxylation sites is 2. The summed E-state index contributed by atoms with van der Waals surface area (Å²) in [5.74, 6) is 0.912. The molecule has 3 aromatic rings. The SMILES string of the molecule is CN(CCSc1ccc(C=O)cc1)c1nc2ccccc2o1. The molecule has 1 heterocycles. The Balaban J connectivity index is 1.57. The summed E-state index contributed by atoms with van der Waals surface area (Å²) in [5.41, 5.74) is 2.39. The molecule has 0 spiro atoms. The van der Waals surface area contributed by atoms with Crippen LogP contribution >= 0.6 is 11.8 Å². The van der Waals surface area contributed by atoms with Crippen molar-refractivity contribution in [2.75, 3.05) is 24.2 Å². The van der Waals surface area contributed by atoms with E-state index in [0.29, 0.717) is 11.6 Å². The van der Waals surface area contributed by atoms with Crippen molar-refractivity contribution >= 4 is 35.2 Å². The van der Waals surface area contributed by atoms with Crippen LogP contribution in [0.1, 0.15) is 10.4 Å². The van der Waals surface area contributed by atoms with Gasteiger partial charge in [0.15, 0.2) is 5.58 Å². The summed E-state index contributed by atoms with van der Waals surface area (Å²) < 4.78 is 5.73. The van der Waals surface area contributed by atoms with Crippen molar-refractivity contribution in [3.63, 3.8) is 0 Å². The van der Waals surface area contributed by atoms with Crippen molar-refractivity contribution in [1.29, 1.82) is 0 Å². The number of rotatable bonds is 6. The van der Waals surface area contributed by atoms with Gasteiger partial charge in [0.05, 0.1) is 0 Å². The fourth-order valence-electron chi connectivity index (χ4n) is 2.06. The van der Waals surface area contributed by atoms with E-state index < -0.39 is 0 Å². The third kappa shape index (κ3) is 3.31. The Bertz CT molecular complexity index is 735. The van der Waals surface area contributed by atoms with Crippen LogP contribution < -0.4 is 4.90 Å². The normalized spacial score (nSPS) is 10.8. The predicted octanol–water partition coefficient (Wildman–Crippen LogP) is 3.87. The van der Waals surface area contributed by atoms with Crippen LogP contribution in [0.4, 0.5) is 6.01 Å². The highest BCUT2D eigenvalue weighted by atomic mass is 32.2. The number of fused-ring (bicyclic) bond motifs is 1. The Hall–Kier alpha value is -2.27. The van der Waals surface area contributed by atoms with Gasteiger partial charge in [-0.05, 0) is 24.3 Å². The Morgan fingerprint density at radius 3 is 2.68 bits per heavy atom. The van der Waals surface area contributed by atoms with Crippen LogP contribution in [0.15, 0.2) is 57.8 Å². The fraction of sp³-hybridized carbons (Fsp3) is 0.176. The number of thioether (sulfide) groups is 1.